The smallest absolute Gasteiger partial charge is 0.355 e. The highest BCUT2D eigenvalue weighted by Crippen LogP contribution is 2.49. The molecule has 1 aromatic heterocycles. The molecular formula is C21H20Cl2F3N3O3S. The van der Waals surface area contributed by atoms with Gasteiger partial charge in [-0.1, -0.05) is 23.2 Å². The minimum absolute atomic E-state index is 0.00169. The molecule has 4 rings (SSSR count). The summed E-state index contributed by atoms with van der Waals surface area (Å²) in [6.45, 7) is 1.31. The molecule has 0 saturated carbocycles. The van der Waals surface area contributed by atoms with Gasteiger partial charge in [-0.2, -0.15) is 13.2 Å². The average molecular weight is 522 g/mol. The van der Waals surface area contributed by atoms with E-state index in [2.05, 4.69) is 10.3 Å². The van der Waals surface area contributed by atoms with Crippen LogP contribution in [0.4, 0.5) is 19.0 Å². The van der Waals surface area contributed by atoms with Gasteiger partial charge in [-0.05, 0) is 49.2 Å². The maximum Gasteiger partial charge on any atom is 0.400 e. The van der Waals surface area contributed by atoms with Crippen molar-refractivity contribution in [2.75, 3.05) is 29.5 Å². The first-order chi connectivity index (χ1) is 15.3. The summed E-state index contributed by atoms with van der Waals surface area (Å²) < 4.78 is 65.4. The topological polar surface area (TPSA) is 79.4 Å². The van der Waals surface area contributed by atoms with E-state index in [1.807, 2.05) is 0 Å². The van der Waals surface area contributed by atoms with E-state index in [9.17, 15) is 26.4 Å². The van der Waals surface area contributed by atoms with Gasteiger partial charge in [0.1, 0.15) is 11.2 Å². The fourth-order valence-electron chi connectivity index (χ4n) is 4.34. The van der Waals surface area contributed by atoms with Crippen LogP contribution in [0, 0.1) is 6.92 Å². The zero-order valence-electron chi connectivity index (χ0n) is 17.4. The van der Waals surface area contributed by atoms with Crippen LogP contribution < -0.4 is 10.2 Å². The number of anilines is 1. The Kier molecular flexibility index (Phi) is 6.07. The normalized spacial score (nSPS) is 22.8. The summed E-state index contributed by atoms with van der Waals surface area (Å²) in [5, 5.41) is 2.89. The zero-order chi connectivity index (χ0) is 24.2. The largest absolute Gasteiger partial charge is 0.400 e. The predicted molar refractivity (Wildman–Crippen MR) is 120 cm³/mol. The third kappa shape index (κ3) is 4.65. The van der Waals surface area contributed by atoms with E-state index in [1.54, 1.807) is 6.92 Å². The number of sulfone groups is 1. The van der Waals surface area contributed by atoms with Crippen molar-refractivity contribution in [3.05, 3.63) is 57.2 Å². The second-order valence-corrected chi connectivity index (χ2v) is 11.5. The number of hydrogen-bond acceptors (Lipinski definition) is 5. The fourth-order valence-corrected chi connectivity index (χ4v) is 6.16. The first-order valence-electron chi connectivity index (χ1n) is 10.1. The summed E-state index contributed by atoms with van der Waals surface area (Å²) in [5.41, 5.74) is -1.59. The number of hydrogen-bond donors (Lipinski definition) is 1. The number of nitrogens with one attached hydrogen (secondary N) is 1. The van der Waals surface area contributed by atoms with Gasteiger partial charge in [-0.25, -0.2) is 13.4 Å². The molecule has 2 saturated heterocycles. The summed E-state index contributed by atoms with van der Waals surface area (Å²) in [5.74, 6) is -0.366. The van der Waals surface area contributed by atoms with Gasteiger partial charge >= 0.3 is 6.18 Å². The monoisotopic (exact) mass is 521 g/mol. The molecule has 1 atom stereocenters. The molecule has 1 N–H and O–H groups in total. The number of pyridine rings is 1. The second kappa shape index (κ2) is 8.32. The number of halogens is 5. The number of carbonyl (C=O) groups is 1. The van der Waals surface area contributed by atoms with Crippen molar-refractivity contribution in [2.24, 2.45) is 0 Å². The lowest BCUT2D eigenvalue weighted by atomic mass is 9.79. The maximum atomic E-state index is 14.3. The van der Waals surface area contributed by atoms with E-state index in [4.69, 9.17) is 23.2 Å². The zero-order valence-corrected chi connectivity index (χ0v) is 19.7. The van der Waals surface area contributed by atoms with Crippen molar-refractivity contribution in [3.63, 3.8) is 0 Å². The van der Waals surface area contributed by atoms with E-state index in [-0.39, 0.29) is 52.2 Å². The van der Waals surface area contributed by atoms with Gasteiger partial charge in [0.25, 0.3) is 5.91 Å². The molecular weight excluding hydrogens is 502 g/mol. The molecule has 6 nitrogen and oxygen atoms in total. The average Bonchev–Trinajstić information content (AvgIpc) is 3.12. The minimum Gasteiger partial charge on any atom is -0.355 e. The van der Waals surface area contributed by atoms with Crippen LogP contribution >= 0.6 is 23.2 Å². The molecule has 0 aliphatic carbocycles. The van der Waals surface area contributed by atoms with Gasteiger partial charge in [-0.15, -0.1) is 0 Å². The van der Waals surface area contributed by atoms with E-state index in [1.165, 1.54) is 35.2 Å². The van der Waals surface area contributed by atoms with Crippen molar-refractivity contribution in [1.29, 1.82) is 0 Å². The number of amides is 1. The summed E-state index contributed by atoms with van der Waals surface area (Å²) in [6.07, 6.45) is -4.75. The minimum atomic E-state index is -4.55. The molecule has 1 unspecified atom stereocenters. The van der Waals surface area contributed by atoms with Crippen LogP contribution in [-0.4, -0.2) is 56.1 Å². The first-order valence-corrected chi connectivity index (χ1v) is 12.6. The highest BCUT2D eigenvalue weighted by Gasteiger charge is 2.59. The van der Waals surface area contributed by atoms with Crippen LogP contribution in [0.5, 0.6) is 0 Å². The Morgan fingerprint density at radius 3 is 2.36 bits per heavy atom. The third-order valence-electron chi connectivity index (χ3n) is 6.11. The lowest BCUT2D eigenvalue weighted by molar-refractivity contribution is -0.184. The Morgan fingerprint density at radius 1 is 1.18 bits per heavy atom. The number of nitrogens with zero attached hydrogens (tertiary/aromatic N) is 2. The standard InChI is InChI=1S/C21H20Cl2F3N3O3S/c1-12-17(19(30)28-16-9-33(31,32)10-16)2-3-18(27-12)29-5-4-20(11-29,21(24,25)26)13-6-14(22)8-15(23)7-13/h2-3,6-8,16H,4-5,9-11H2,1H3,(H,28,30). The summed E-state index contributed by atoms with van der Waals surface area (Å²) in [6, 6.07) is 6.50. The molecule has 1 aromatic carbocycles. The van der Waals surface area contributed by atoms with Gasteiger partial charge in [0.05, 0.1) is 28.8 Å². The molecule has 2 aliphatic heterocycles. The van der Waals surface area contributed by atoms with E-state index < -0.39 is 33.4 Å². The molecule has 3 heterocycles. The number of benzene rings is 1. The third-order valence-corrected chi connectivity index (χ3v) is 8.37. The Balaban J connectivity index is 1.56. The molecule has 2 fully saturated rings. The Bertz CT molecular complexity index is 1190. The van der Waals surface area contributed by atoms with Crippen molar-refractivity contribution in [3.8, 4) is 0 Å². The van der Waals surface area contributed by atoms with Crippen molar-refractivity contribution in [2.45, 2.75) is 31.0 Å². The summed E-state index contributed by atoms with van der Waals surface area (Å²) in [4.78, 5) is 18.3. The molecule has 178 valence electrons. The number of carbonyl (C=O) groups excluding carboxylic acids is 1. The lowest BCUT2D eigenvalue weighted by Crippen LogP contribution is -2.53. The highest BCUT2D eigenvalue weighted by molar-refractivity contribution is 7.92. The van der Waals surface area contributed by atoms with Crippen LogP contribution in [0.25, 0.3) is 0 Å². The number of aryl methyl sites for hydroxylation is 1. The molecule has 2 aliphatic rings. The van der Waals surface area contributed by atoms with Crippen molar-refractivity contribution < 1.29 is 26.4 Å². The molecule has 2 aromatic rings. The van der Waals surface area contributed by atoms with E-state index >= 15 is 0 Å². The lowest BCUT2D eigenvalue weighted by Gasteiger charge is -2.33. The quantitative estimate of drug-likeness (QED) is 0.659. The van der Waals surface area contributed by atoms with Gasteiger partial charge in [0, 0.05) is 23.1 Å². The van der Waals surface area contributed by atoms with Crippen LogP contribution in [0.3, 0.4) is 0 Å². The SMILES string of the molecule is Cc1nc(N2CCC(c3cc(Cl)cc(Cl)c3)(C(F)(F)F)C2)ccc1C(=O)NC1CS(=O)(=O)C1. The Labute approximate surface area is 199 Å². The molecule has 0 radical (unpaired) electrons. The van der Waals surface area contributed by atoms with Crippen molar-refractivity contribution >= 4 is 44.8 Å². The molecule has 12 heteroatoms. The Morgan fingerprint density at radius 2 is 1.82 bits per heavy atom. The van der Waals surface area contributed by atoms with Gasteiger partial charge in [-0.3, -0.25) is 4.79 Å². The number of aromatic nitrogens is 1. The molecule has 33 heavy (non-hydrogen) atoms. The number of rotatable bonds is 4. The maximum absolute atomic E-state index is 14.3. The number of alkyl halides is 3. The van der Waals surface area contributed by atoms with Gasteiger partial charge < -0.3 is 10.2 Å². The van der Waals surface area contributed by atoms with Gasteiger partial charge in [0.2, 0.25) is 0 Å². The van der Waals surface area contributed by atoms with Crippen LogP contribution in [0.1, 0.15) is 28.0 Å². The van der Waals surface area contributed by atoms with Gasteiger partial charge in [0.15, 0.2) is 9.84 Å². The summed E-state index contributed by atoms with van der Waals surface area (Å²) >= 11 is 12.0. The van der Waals surface area contributed by atoms with Crippen LogP contribution in [0.2, 0.25) is 10.0 Å². The highest BCUT2D eigenvalue weighted by atomic mass is 35.5. The van der Waals surface area contributed by atoms with Crippen LogP contribution in [0.15, 0.2) is 30.3 Å². The van der Waals surface area contributed by atoms with Crippen molar-refractivity contribution in [1.82, 2.24) is 10.3 Å². The predicted octanol–water partition coefficient (Wildman–Crippen LogP) is 3.93. The molecule has 0 spiro atoms. The van der Waals surface area contributed by atoms with Crippen LogP contribution in [-0.2, 0) is 15.3 Å². The molecule has 1 amide bonds. The summed E-state index contributed by atoms with van der Waals surface area (Å²) in [7, 11) is -3.08. The molecule has 0 bridgehead atoms. The fraction of sp³-hybridized carbons (Fsp3) is 0.429. The van der Waals surface area contributed by atoms with E-state index in [0.717, 1.165) is 0 Å². The van der Waals surface area contributed by atoms with E-state index in [0.29, 0.717) is 11.5 Å². The second-order valence-electron chi connectivity index (χ2n) is 8.46. The Hall–Kier alpha value is -2.04. The first kappa shape index (κ1) is 24.1.